The lowest BCUT2D eigenvalue weighted by atomic mass is 10.0. The highest BCUT2D eigenvalue weighted by Gasteiger charge is 2.27. The SMILES string of the molecule is C#CCN(C)C(=O)CN(C)CCNC(=O)C(C)(C)NC(=C)CC. The summed E-state index contributed by atoms with van der Waals surface area (Å²) in [5.74, 6) is 2.29. The highest BCUT2D eigenvalue weighted by atomic mass is 16.2. The number of likely N-dealkylation sites (N-methyl/N-ethyl adjacent to an activating group) is 2. The fourth-order valence-electron chi connectivity index (χ4n) is 1.82. The Morgan fingerprint density at radius 3 is 2.43 bits per heavy atom. The van der Waals surface area contributed by atoms with Crippen LogP contribution < -0.4 is 10.6 Å². The van der Waals surface area contributed by atoms with Crippen molar-refractivity contribution in [2.75, 3.05) is 40.3 Å². The van der Waals surface area contributed by atoms with Crippen LogP contribution in [0.3, 0.4) is 0 Å². The van der Waals surface area contributed by atoms with Crippen LogP contribution in [-0.4, -0.2) is 67.4 Å². The maximum atomic E-state index is 12.2. The third kappa shape index (κ3) is 8.27. The molecule has 2 N–H and O–H groups in total. The first-order valence-corrected chi connectivity index (χ1v) is 7.74. The van der Waals surface area contributed by atoms with Gasteiger partial charge in [-0.3, -0.25) is 14.5 Å². The lowest BCUT2D eigenvalue weighted by Crippen LogP contribution is -2.53. The van der Waals surface area contributed by atoms with Crippen molar-refractivity contribution in [2.24, 2.45) is 0 Å². The average Bonchev–Trinajstić information content (AvgIpc) is 2.46. The summed E-state index contributed by atoms with van der Waals surface area (Å²) < 4.78 is 0. The fourth-order valence-corrected chi connectivity index (χ4v) is 1.82. The second-order valence-corrected chi connectivity index (χ2v) is 6.15. The molecule has 6 nitrogen and oxygen atoms in total. The maximum Gasteiger partial charge on any atom is 0.245 e. The maximum absolute atomic E-state index is 12.2. The van der Waals surface area contributed by atoms with Crippen LogP contribution in [0.15, 0.2) is 12.3 Å². The van der Waals surface area contributed by atoms with Gasteiger partial charge >= 0.3 is 0 Å². The van der Waals surface area contributed by atoms with E-state index in [4.69, 9.17) is 6.42 Å². The second kappa shape index (κ2) is 9.90. The van der Waals surface area contributed by atoms with Crippen molar-refractivity contribution in [3.8, 4) is 12.3 Å². The zero-order chi connectivity index (χ0) is 18.0. The average molecular weight is 322 g/mol. The Labute approximate surface area is 140 Å². The number of amides is 2. The van der Waals surface area contributed by atoms with Crippen molar-refractivity contribution in [3.63, 3.8) is 0 Å². The number of rotatable bonds is 10. The quantitative estimate of drug-likeness (QED) is 0.572. The first-order valence-electron chi connectivity index (χ1n) is 7.74. The molecule has 0 unspecified atom stereocenters. The zero-order valence-electron chi connectivity index (χ0n) is 15.0. The highest BCUT2D eigenvalue weighted by Crippen LogP contribution is 2.06. The van der Waals surface area contributed by atoms with Crippen molar-refractivity contribution in [1.82, 2.24) is 20.4 Å². The van der Waals surface area contributed by atoms with Gasteiger partial charge in [0.25, 0.3) is 0 Å². The van der Waals surface area contributed by atoms with E-state index < -0.39 is 5.54 Å². The van der Waals surface area contributed by atoms with Gasteiger partial charge in [-0.25, -0.2) is 0 Å². The summed E-state index contributed by atoms with van der Waals surface area (Å²) in [6.45, 7) is 11.1. The molecule has 0 saturated heterocycles. The summed E-state index contributed by atoms with van der Waals surface area (Å²) in [7, 11) is 3.50. The molecule has 130 valence electrons. The van der Waals surface area contributed by atoms with Crippen LogP contribution in [0.4, 0.5) is 0 Å². The number of nitrogens with zero attached hydrogens (tertiary/aromatic N) is 2. The van der Waals surface area contributed by atoms with E-state index in [1.165, 1.54) is 4.90 Å². The lowest BCUT2D eigenvalue weighted by Gasteiger charge is -2.27. The molecular formula is C17H30N4O2. The van der Waals surface area contributed by atoms with E-state index in [2.05, 4.69) is 23.1 Å². The Hall–Kier alpha value is -2.00. The summed E-state index contributed by atoms with van der Waals surface area (Å²) in [6.07, 6.45) is 5.95. The van der Waals surface area contributed by atoms with Crippen molar-refractivity contribution in [3.05, 3.63) is 12.3 Å². The van der Waals surface area contributed by atoms with Crippen LogP contribution in [0.25, 0.3) is 0 Å². The number of hydrogen-bond acceptors (Lipinski definition) is 4. The Bertz CT molecular complexity index is 466. The molecule has 0 aliphatic rings. The molecular weight excluding hydrogens is 292 g/mol. The molecule has 0 fully saturated rings. The predicted octanol–water partition coefficient (Wildman–Crippen LogP) is 0.418. The van der Waals surface area contributed by atoms with E-state index in [1.54, 1.807) is 7.05 Å². The Morgan fingerprint density at radius 1 is 1.30 bits per heavy atom. The van der Waals surface area contributed by atoms with E-state index >= 15 is 0 Å². The van der Waals surface area contributed by atoms with Gasteiger partial charge in [0.05, 0.1) is 13.1 Å². The van der Waals surface area contributed by atoms with Gasteiger partial charge in [0, 0.05) is 25.8 Å². The lowest BCUT2D eigenvalue weighted by molar-refractivity contribution is -0.130. The van der Waals surface area contributed by atoms with Crippen molar-refractivity contribution in [2.45, 2.75) is 32.7 Å². The van der Waals surface area contributed by atoms with Crippen LogP contribution >= 0.6 is 0 Å². The van der Waals surface area contributed by atoms with Crippen LogP contribution in [-0.2, 0) is 9.59 Å². The number of nitrogens with one attached hydrogen (secondary N) is 2. The van der Waals surface area contributed by atoms with Gasteiger partial charge in [0.2, 0.25) is 11.8 Å². The number of allylic oxidation sites excluding steroid dienone is 1. The van der Waals surface area contributed by atoms with E-state index in [-0.39, 0.29) is 18.4 Å². The topological polar surface area (TPSA) is 64.7 Å². The Kier molecular flexibility index (Phi) is 9.04. The standard InChI is InChI=1S/C17H30N4O2/c1-8-11-21(7)15(22)13-20(6)12-10-18-16(23)17(4,5)19-14(3)9-2/h1,19H,3,9-13H2,2,4-7H3,(H,18,23). The molecule has 0 rings (SSSR count). The third-order valence-electron chi connectivity index (χ3n) is 3.42. The first-order chi connectivity index (χ1) is 10.6. The largest absolute Gasteiger partial charge is 0.376 e. The summed E-state index contributed by atoms with van der Waals surface area (Å²) in [5, 5.41) is 5.97. The molecule has 0 saturated carbocycles. The minimum atomic E-state index is -0.714. The van der Waals surface area contributed by atoms with Gasteiger partial charge < -0.3 is 15.5 Å². The van der Waals surface area contributed by atoms with Crippen LogP contribution in [0.5, 0.6) is 0 Å². The predicted molar refractivity (Wildman–Crippen MR) is 93.6 cm³/mol. The molecule has 0 aliphatic carbocycles. The summed E-state index contributed by atoms with van der Waals surface area (Å²) in [4.78, 5) is 27.4. The van der Waals surface area contributed by atoms with E-state index in [0.29, 0.717) is 19.6 Å². The van der Waals surface area contributed by atoms with Crippen LogP contribution in [0.1, 0.15) is 27.2 Å². The number of hydrogen-bond donors (Lipinski definition) is 2. The molecule has 0 atom stereocenters. The Morgan fingerprint density at radius 2 is 1.91 bits per heavy atom. The molecule has 0 heterocycles. The number of terminal acetylenes is 1. The fraction of sp³-hybridized carbons (Fsp3) is 0.647. The summed E-state index contributed by atoms with van der Waals surface area (Å²) in [6, 6.07) is 0. The van der Waals surface area contributed by atoms with Crippen molar-refractivity contribution in [1.29, 1.82) is 0 Å². The molecule has 0 spiro atoms. The molecule has 2 amide bonds. The molecule has 0 aliphatic heterocycles. The molecule has 6 heteroatoms. The number of carbonyl (C=O) groups is 2. The Balaban J connectivity index is 4.19. The van der Waals surface area contributed by atoms with Gasteiger partial charge in [-0.2, -0.15) is 0 Å². The molecule has 0 aromatic rings. The molecule has 0 bridgehead atoms. The van der Waals surface area contributed by atoms with E-state index in [9.17, 15) is 9.59 Å². The van der Waals surface area contributed by atoms with Gasteiger partial charge in [0.15, 0.2) is 0 Å². The summed E-state index contributed by atoms with van der Waals surface area (Å²) in [5.41, 5.74) is 0.110. The van der Waals surface area contributed by atoms with E-state index in [0.717, 1.165) is 12.1 Å². The monoisotopic (exact) mass is 322 g/mol. The minimum Gasteiger partial charge on any atom is -0.376 e. The highest BCUT2D eigenvalue weighted by molar-refractivity contribution is 5.85. The van der Waals surface area contributed by atoms with Gasteiger partial charge in [-0.05, 0) is 27.3 Å². The third-order valence-corrected chi connectivity index (χ3v) is 3.42. The molecule has 0 radical (unpaired) electrons. The molecule has 0 aromatic carbocycles. The van der Waals surface area contributed by atoms with E-state index in [1.807, 2.05) is 32.7 Å². The van der Waals surface area contributed by atoms with Gasteiger partial charge in [-0.15, -0.1) is 6.42 Å². The smallest absolute Gasteiger partial charge is 0.245 e. The van der Waals surface area contributed by atoms with Crippen LogP contribution in [0.2, 0.25) is 0 Å². The van der Waals surface area contributed by atoms with Crippen molar-refractivity contribution < 1.29 is 9.59 Å². The molecule has 23 heavy (non-hydrogen) atoms. The summed E-state index contributed by atoms with van der Waals surface area (Å²) >= 11 is 0. The first kappa shape index (κ1) is 21.0. The van der Waals surface area contributed by atoms with Crippen LogP contribution in [0, 0.1) is 12.3 Å². The molecule has 0 aromatic heterocycles. The number of carbonyl (C=O) groups excluding carboxylic acids is 2. The zero-order valence-corrected chi connectivity index (χ0v) is 15.0. The van der Waals surface area contributed by atoms with Gasteiger partial charge in [-0.1, -0.05) is 19.4 Å². The van der Waals surface area contributed by atoms with Gasteiger partial charge in [0.1, 0.15) is 5.54 Å². The normalized spacial score (nSPS) is 10.8. The van der Waals surface area contributed by atoms with Crippen molar-refractivity contribution >= 4 is 11.8 Å². The minimum absolute atomic E-state index is 0.0435. The second-order valence-electron chi connectivity index (χ2n) is 6.15.